The fourth-order valence-corrected chi connectivity index (χ4v) is 6.87. The van der Waals surface area contributed by atoms with E-state index in [1.54, 1.807) is 6.20 Å². The minimum Gasteiger partial charge on any atom is -0.494 e. The molecule has 212 valence electrons. The zero-order valence-corrected chi connectivity index (χ0v) is 25.2. The molecule has 2 saturated heterocycles. The number of aromatic nitrogens is 1. The lowest BCUT2D eigenvalue weighted by atomic mass is 9.91. The Kier molecular flexibility index (Phi) is 7.91. The van der Waals surface area contributed by atoms with E-state index >= 15 is 0 Å². The van der Waals surface area contributed by atoms with Crippen LogP contribution in [0, 0.1) is 11.8 Å². The number of pyridine rings is 1. The molecule has 2 aliphatic rings. The van der Waals surface area contributed by atoms with Crippen LogP contribution < -0.4 is 19.9 Å². The third-order valence-electron chi connectivity index (χ3n) is 7.89. The molecule has 0 saturated carbocycles. The van der Waals surface area contributed by atoms with Crippen LogP contribution in [0.1, 0.15) is 50.7 Å². The monoisotopic (exact) mass is 586 g/mol. The van der Waals surface area contributed by atoms with E-state index in [2.05, 4.69) is 46.1 Å². The van der Waals surface area contributed by atoms with Gasteiger partial charge in [0.05, 0.1) is 29.1 Å². The van der Waals surface area contributed by atoms with Crippen LogP contribution in [0.5, 0.6) is 5.75 Å². The smallest absolute Gasteiger partial charge is 0.174 e. The summed E-state index contributed by atoms with van der Waals surface area (Å²) in [4.78, 5) is 9.18. The number of nitrogens with zero attached hydrogens (tertiary/aromatic N) is 3. The number of thiocarbonyl (C=S) groups is 1. The molecule has 1 N–H and O–H groups in total. The van der Waals surface area contributed by atoms with Gasteiger partial charge in [0.15, 0.2) is 5.11 Å². The number of ether oxygens (including phenoxy) is 1. The molecule has 2 fully saturated rings. The van der Waals surface area contributed by atoms with Gasteiger partial charge in [-0.05, 0) is 104 Å². The zero-order valence-electron chi connectivity index (χ0n) is 23.6. The minimum absolute atomic E-state index is 0.203. The molecule has 6 nitrogen and oxygen atoms in total. The van der Waals surface area contributed by atoms with E-state index in [1.807, 2.05) is 67.6 Å². The Morgan fingerprint density at radius 2 is 1.80 bits per heavy atom. The molecule has 0 amide bonds. The van der Waals surface area contributed by atoms with E-state index in [0.29, 0.717) is 23.6 Å². The van der Waals surface area contributed by atoms with Crippen LogP contribution in [-0.4, -0.2) is 29.8 Å². The van der Waals surface area contributed by atoms with E-state index < -0.39 is 0 Å². The average molecular weight is 587 g/mol. The zero-order chi connectivity index (χ0) is 28.5. The third-order valence-corrected chi connectivity index (χ3v) is 8.50. The van der Waals surface area contributed by atoms with Crippen molar-refractivity contribution < 1.29 is 9.15 Å². The number of nitrogens with one attached hydrogen (secondary N) is 1. The van der Waals surface area contributed by atoms with Crippen molar-refractivity contribution in [1.29, 1.82) is 0 Å². The number of hydrogen-bond acceptors (Lipinski definition) is 5. The Bertz CT molecular complexity index is 1500. The van der Waals surface area contributed by atoms with E-state index in [9.17, 15) is 0 Å². The lowest BCUT2D eigenvalue weighted by Gasteiger charge is -2.37. The van der Waals surface area contributed by atoms with Crippen LogP contribution in [0.3, 0.4) is 0 Å². The van der Waals surface area contributed by atoms with Gasteiger partial charge in [0.2, 0.25) is 0 Å². The Morgan fingerprint density at radius 3 is 2.49 bits per heavy atom. The van der Waals surface area contributed by atoms with Crippen LogP contribution in [0.2, 0.25) is 5.02 Å². The summed E-state index contributed by atoms with van der Waals surface area (Å²) in [5.74, 6) is 3.68. The summed E-state index contributed by atoms with van der Waals surface area (Å²) in [5.41, 5.74) is 3.85. The number of anilines is 2. The van der Waals surface area contributed by atoms with Crippen molar-refractivity contribution in [3.05, 3.63) is 95.5 Å². The van der Waals surface area contributed by atoms with Crippen molar-refractivity contribution in [3.8, 4) is 17.1 Å². The average Bonchev–Trinajstić information content (AvgIpc) is 3.58. The predicted octanol–water partition coefficient (Wildman–Crippen LogP) is 8.05. The summed E-state index contributed by atoms with van der Waals surface area (Å²) in [6, 6.07) is 23.7. The molecule has 0 spiro atoms. The maximum atomic E-state index is 6.97. The SMILES string of the molecule is CCOc1ccc(-c2ccc([C@@H]3[C@H](c4ccccn4)NC(=S)N3c3ccc(N4C[C@H](C)C[C@@H](C)C4)c(Cl)c3)o2)cc1. The number of hydrogen-bond donors (Lipinski definition) is 1. The largest absolute Gasteiger partial charge is 0.494 e. The first-order valence-corrected chi connectivity index (χ1v) is 15.1. The first kappa shape index (κ1) is 27.6. The molecule has 8 heteroatoms. The van der Waals surface area contributed by atoms with Crippen LogP contribution in [0.25, 0.3) is 11.3 Å². The van der Waals surface area contributed by atoms with Crippen molar-refractivity contribution in [1.82, 2.24) is 10.3 Å². The highest BCUT2D eigenvalue weighted by Crippen LogP contribution is 2.44. The van der Waals surface area contributed by atoms with Crippen molar-refractivity contribution in [2.75, 3.05) is 29.5 Å². The van der Waals surface area contributed by atoms with Gasteiger partial charge in [-0.3, -0.25) is 4.98 Å². The molecule has 2 aromatic heterocycles. The summed E-state index contributed by atoms with van der Waals surface area (Å²) < 4.78 is 12.1. The van der Waals surface area contributed by atoms with Crippen LogP contribution in [-0.2, 0) is 0 Å². The number of halogens is 1. The van der Waals surface area contributed by atoms with Crippen molar-refractivity contribution in [2.45, 2.75) is 39.3 Å². The van der Waals surface area contributed by atoms with Gasteiger partial charge in [-0.1, -0.05) is 31.5 Å². The molecule has 41 heavy (non-hydrogen) atoms. The summed E-state index contributed by atoms with van der Waals surface area (Å²) in [6.45, 7) is 9.26. The number of rotatable bonds is 7. The van der Waals surface area contributed by atoms with Gasteiger partial charge in [0.25, 0.3) is 0 Å². The number of benzene rings is 2. The van der Waals surface area contributed by atoms with Crippen molar-refractivity contribution in [2.24, 2.45) is 11.8 Å². The molecule has 2 aliphatic heterocycles. The van der Waals surface area contributed by atoms with Gasteiger partial charge in [-0.15, -0.1) is 0 Å². The molecule has 0 bridgehead atoms. The molecule has 2 aromatic carbocycles. The molecule has 0 aliphatic carbocycles. The molecule has 4 atom stereocenters. The summed E-state index contributed by atoms with van der Waals surface area (Å²) in [6.07, 6.45) is 3.05. The highest BCUT2D eigenvalue weighted by Gasteiger charge is 2.43. The predicted molar refractivity (Wildman–Crippen MR) is 170 cm³/mol. The summed E-state index contributed by atoms with van der Waals surface area (Å²) >= 11 is 12.9. The van der Waals surface area contributed by atoms with Gasteiger partial charge in [-0.25, -0.2) is 0 Å². The first-order valence-electron chi connectivity index (χ1n) is 14.3. The highest BCUT2D eigenvalue weighted by atomic mass is 35.5. The number of furan rings is 1. The normalized spacial score (nSPS) is 22.6. The Labute approximate surface area is 252 Å². The summed E-state index contributed by atoms with van der Waals surface area (Å²) in [5, 5.41) is 4.84. The van der Waals surface area contributed by atoms with E-state index in [4.69, 9.17) is 33.0 Å². The fourth-order valence-electron chi connectivity index (χ4n) is 6.23. The van der Waals surface area contributed by atoms with Gasteiger partial charge >= 0.3 is 0 Å². The molecular weight excluding hydrogens is 552 g/mol. The van der Waals surface area contributed by atoms with Crippen LogP contribution >= 0.6 is 23.8 Å². The first-order chi connectivity index (χ1) is 19.9. The van der Waals surface area contributed by atoms with Crippen molar-refractivity contribution in [3.63, 3.8) is 0 Å². The molecule has 4 aromatic rings. The molecule has 4 heterocycles. The van der Waals surface area contributed by atoms with Gasteiger partial charge < -0.3 is 24.3 Å². The lowest BCUT2D eigenvalue weighted by Crippen LogP contribution is -2.38. The van der Waals surface area contributed by atoms with E-state index in [0.717, 1.165) is 58.0 Å². The number of piperidine rings is 1. The second kappa shape index (κ2) is 11.7. The van der Waals surface area contributed by atoms with Crippen LogP contribution in [0.15, 0.2) is 83.4 Å². The van der Waals surface area contributed by atoms with Crippen LogP contribution in [0.4, 0.5) is 11.4 Å². The second-order valence-electron chi connectivity index (χ2n) is 11.1. The highest BCUT2D eigenvalue weighted by molar-refractivity contribution is 7.80. The molecule has 6 rings (SSSR count). The van der Waals surface area contributed by atoms with Gasteiger partial charge in [0.1, 0.15) is 23.3 Å². The Hall–Kier alpha value is -3.55. The van der Waals surface area contributed by atoms with Crippen molar-refractivity contribution >= 4 is 40.3 Å². The lowest BCUT2D eigenvalue weighted by molar-refractivity contribution is 0.340. The maximum Gasteiger partial charge on any atom is 0.174 e. The van der Waals surface area contributed by atoms with E-state index in [1.165, 1.54) is 6.42 Å². The molecular formula is C33H35ClN4O2S. The fraction of sp³-hybridized carbons (Fsp3) is 0.333. The third kappa shape index (κ3) is 5.66. The maximum absolute atomic E-state index is 6.97. The van der Waals surface area contributed by atoms with Gasteiger partial charge in [0, 0.05) is 30.5 Å². The standard InChI is InChI=1S/C33H35ClN4O2S/c1-4-39-25-11-8-23(9-12-25)29-14-15-30(40-29)32-31(27-7-5-6-16-35-27)36-33(41)38(32)24-10-13-28(26(34)18-24)37-19-21(2)17-22(3)20-37/h5-16,18,21-22,31-32H,4,17,19-20H2,1-3H3,(H,36,41)/t21-,22-,31+,32-/m1/s1. The Morgan fingerprint density at radius 1 is 1.02 bits per heavy atom. The topological polar surface area (TPSA) is 53.8 Å². The Balaban J connectivity index is 1.35. The quantitative estimate of drug-likeness (QED) is 0.220. The second-order valence-corrected chi connectivity index (χ2v) is 11.9. The molecule has 0 radical (unpaired) electrons. The minimum atomic E-state index is -0.259. The van der Waals surface area contributed by atoms with Gasteiger partial charge in [-0.2, -0.15) is 0 Å². The summed E-state index contributed by atoms with van der Waals surface area (Å²) in [7, 11) is 0. The van der Waals surface area contributed by atoms with E-state index in [-0.39, 0.29) is 12.1 Å². The molecule has 0 unspecified atom stereocenters.